The number of rotatable bonds is 11. The van der Waals surface area contributed by atoms with Crippen LogP contribution >= 0.6 is 0 Å². The smallest absolute Gasteiger partial charge is 0.370 e. The lowest BCUT2D eigenvalue weighted by molar-refractivity contribution is -0.141. The number of anilines is 1. The topological polar surface area (TPSA) is 76.7 Å². The number of nitrogens with two attached hydrogens (primary N) is 1. The summed E-state index contributed by atoms with van der Waals surface area (Å²) in [5, 5.41) is 2.98. The highest BCUT2D eigenvalue weighted by Crippen LogP contribution is 2.30. The molecule has 2 rings (SSSR count). The van der Waals surface area contributed by atoms with Crippen LogP contribution in [0.25, 0.3) is 11.5 Å². The normalized spacial score (nSPS) is 11.6. The zero-order valence-corrected chi connectivity index (χ0v) is 15.3. The molecule has 0 saturated heterocycles. The summed E-state index contributed by atoms with van der Waals surface area (Å²) in [4.78, 5) is 11.8. The SMILES string of the molecule is NCCCCCCCCCNc1cc(C(F)(F)F)nc(-c2ccccn2)n1. The highest BCUT2D eigenvalue weighted by atomic mass is 19.4. The van der Waals surface area contributed by atoms with Crippen LogP contribution in [0.4, 0.5) is 19.0 Å². The van der Waals surface area contributed by atoms with Crippen molar-refractivity contribution in [1.29, 1.82) is 0 Å². The van der Waals surface area contributed by atoms with Gasteiger partial charge in [0.1, 0.15) is 11.5 Å². The van der Waals surface area contributed by atoms with Gasteiger partial charge in [-0.2, -0.15) is 13.2 Å². The van der Waals surface area contributed by atoms with Crippen LogP contribution in [0.1, 0.15) is 50.6 Å². The molecule has 2 aromatic rings. The molecule has 2 heterocycles. The summed E-state index contributed by atoms with van der Waals surface area (Å²) in [6, 6.07) is 5.90. The van der Waals surface area contributed by atoms with Crippen LogP contribution in [0.5, 0.6) is 0 Å². The highest BCUT2D eigenvalue weighted by Gasteiger charge is 2.33. The Morgan fingerprint density at radius 1 is 0.926 bits per heavy atom. The van der Waals surface area contributed by atoms with Crippen molar-refractivity contribution < 1.29 is 13.2 Å². The Morgan fingerprint density at radius 2 is 1.63 bits per heavy atom. The number of hydrogen-bond donors (Lipinski definition) is 2. The van der Waals surface area contributed by atoms with Crippen LogP contribution in [-0.4, -0.2) is 28.0 Å². The Morgan fingerprint density at radius 3 is 2.26 bits per heavy atom. The van der Waals surface area contributed by atoms with Crippen molar-refractivity contribution in [2.45, 2.75) is 51.1 Å². The van der Waals surface area contributed by atoms with Gasteiger partial charge in [-0.05, 0) is 31.5 Å². The highest BCUT2D eigenvalue weighted by molar-refractivity contribution is 5.53. The Kier molecular flexibility index (Phi) is 8.44. The summed E-state index contributed by atoms with van der Waals surface area (Å²) in [7, 11) is 0. The third-order valence-corrected chi connectivity index (χ3v) is 4.10. The minimum absolute atomic E-state index is 0.0344. The van der Waals surface area contributed by atoms with Crippen molar-refractivity contribution in [3.63, 3.8) is 0 Å². The molecule has 0 saturated carbocycles. The van der Waals surface area contributed by atoms with Gasteiger partial charge in [0.15, 0.2) is 11.5 Å². The number of nitrogens with zero attached hydrogens (tertiary/aromatic N) is 3. The van der Waals surface area contributed by atoms with E-state index >= 15 is 0 Å². The van der Waals surface area contributed by atoms with Gasteiger partial charge >= 0.3 is 6.18 Å². The number of pyridine rings is 1. The number of nitrogens with one attached hydrogen (secondary N) is 1. The largest absolute Gasteiger partial charge is 0.433 e. The zero-order chi connectivity index (χ0) is 19.5. The van der Waals surface area contributed by atoms with Crippen LogP contribution in [0.15, 0.2) is 30.5 Å². The van der Waals surface area contributed by atoms with Gasteiger partial charge in [0.25, 0.3) is 0 Å². The van der Waals surface area contributed by atoms with E-state index in [-0.39, 0.29) is 11.6 Å². The Hall–Kier alpha value is -2.22. The molecule has 0 spiro atoms. The monoisotopic (exact) mass is 381 g/mol. The van der Waals surface area contributed by atoms with E-state index in [1.807, 2.05) is 0 Å². The molecule has 0 bridgehead atoms. The number of unbranched alkanes of at least 4 members (excludes halogenated alkanes) is 6. The van der Waals surface area contributed by atoms with Gasteiger partial charge in [-0.3, -0.25) is 4.98 Å². The van der Waals surface area contributed by atoms with Gasteiger partial charge in [-0.15, -0.1) is 0 Å². The van der Waals surface area contributed by atoms with Crippen LogP contribution in [0.2, 0.25) is 0 Å². The van der Waals surface area contributed by atoms with Gasteiger partial charge in [0.2, 0.25) is 0 Å². The van der Waals surface area contributed by atoms with E-state index in [1.54, 1.807) is 18.2 Å². The molecule has 0 atom stereocenters. The van der Waals surface area contributed by atoms with Crippen LogP contribution in [-0.2, 0) is 6.18 Å². The second-order valence-electron chi connectivity index (χ2n) is 6.37. The summed E-state index contributed by atoms with van der Waals surface area (Å²) in [5.41, 5.74) is 4.79. The van der Waals surface area contributed by atoms with E-state index < -0.39 is 11.9 Å². The average Bonchev–Trinajstić information content (AvgIpc) is 2.66. The maximum atomic E-state index is 13.1. The molecule has 148 valence electrons. The van der Waals surface area contributed by atoms with Crippen molar-refractivity contribution in [2.75, 3.05) is 18.4 Å². The first-order valence-corrected chi connectivity index (χ1v) is 9.32. The molecule has 0 unspecified atom stereocenters. The molecule has 0 aliphatic rings. The lowest BCUT2D eigenvalue weighted by Gasteiger charge is -2.11. The van der Waals surface area contributed by atoms with Crippen molar-refractivity contribution >= 4 is 5.82 Å². The van der Waals surface area contributed by atoms with Gasteiger partial charge < -0.3 is 11.1 Å². The molecule has 0 radical (unpaired) electrons. The van der Waals surface area contributed by atoms with Crippen molar-refractivity contribution in [3.8, 4) is 11.5 Å². The van der Waals surface area contributed by atoms with Crippen molar-refractivity contribution in [2.24, 2.45) is 5.73 Å². The number of hydrogen-bond acceptors (Lipinski definition) is 5. The van der Waals surface area contributed by atoms with E-state index in [1.165, 1.54) is 12.6 Å². The van der Waals surface area contributed by atoms with Gasteiger partial charge in [-0.25, -0.2) is 9.97 Å². The zero-order valence-electron chi connectivity index (χ0n) is 15.3. The van der Waals surface area contributed by atoms with E-state index in [2.05, 4.69) is 20.3 Å². The second kappa shape index (κ2) is 10.8. The van der Waals surface area contributed by atoms with Crippen LogP contribution < -0.4 is 11.1 Å². The predicted molar refractivity (Wildman–Crippen MR) is 100 cm³/mol. The molecule has 3 N–H and O–H groups in total. The van der Waals surface area contributed by atoms with Gasteiger partial charge in [-0.1, -0.05) is 38.2 Å². The molecule has 8 heteroatoms. The molecular weight excluding hydrogens is 355 g/mol. The number of halogens is 3. The molecule has 0 aliphatic heterocycles. The molecule has 2 aromatic heterocycles. The Bertz CT molecular complexity index is 677. The molecule has 0 aliphatic carbocycles. The minimum Gasteiger partial charge on any atom is -0.370 e. The third-order valence-electron chi connectivity index (χ3n) is 4.10. The van der Waals surface area contributed by atoms with Crippen LogP contribution in [0, 0.1) is 0 Å². The molecule has 0 fully saturated rings. The first-order chi connectivity index (χ1) is 13.0. The van der Waals surface area contributed by atoms with E-state index in [0.29, 0.717) is 12.2 Å². The van der Waals surface area contributed by atoms with Crippen LogP contribution in [0.3, 0.4) is 0 Å². The average molecular weight is 381 g/mol. The Balaban J connectivity index is 1.90. The predicted octanol–water partition coefficient (Wildman–Crippen LogP) is 4.66. The van der Waals surface area contributed by atoms with E-state index in [9.17, 15) is 13.2 Å². The standard InChI is InChI=1S/C19H26F3N5/c20-19(21,22)16-14-17(25-13-8-5-3-1-2-4-7-11-23)27-18(26-16)15-10-6-9-12-24-15/h6,9-10,12,14H,1-5,7-8,11,13,23H2,(H,25,26,27). The number of alkyl halides is 3. The molecule has 5 nitrogen and oxygen atoms in total. The minimum atomic E-state index is -4.54. The maximum Gasteiger partial charge on any atom is 0.433 e. The van der Waals surface area contributed by atoms with Gasteiger partial charge in [0.05, 0.1) is 0 Å². The van der Waals surface area contributed by atoms with E-state index in [4.69, 9.17) is 5.73 Å². The fourth-order valence-corrected chi connectivity index (χ4v) is 2.66. The molecule has 0 aromatic carbocycles. The summed E-state index contributed by atoms with van der Waals surface area (Å²) >= 11 is 0. The lowest BCUT2D eigenvalue weighted by atomic mass is 10.1. The summed E-state index contributed by atoms with van der Waals surface area (Å²) in [6.45, 7) is 1.31. The first kappa shape index (κ1) is 21.1. The first-order valence-electron chi connectivity index (χ1n) is 9.32. The Labute approximate surface area is 157 Å². The summed E-state index contributed by atoms with van der Waals surface area (Å²) in [6.07, 6.45) is 4.55. The van der Waals surface area contributed by atoms with Gasteiger partial charge in [0, 0.05) is 18.8 Å². The van der Waals surface area contributed by atoms with E-state index in [0.717, 1.165) is 51.1 Å². The van der Waals surface area contributed by atoms with Crippen molar-refractivity contribution in [1.82, 2.24) is 15.0 Å². The third kappa shape index (κ3) is 7.50. The summed E-state index contributed by atoms with van der Waals surface area (Å²) in [5.74, 6) is 0.133. The molecule has 27 heavy (non-hydrogen) atoms. The lowest BCUT2D eigenvalue weighted by Crippen LogP contribution is -2.12. The quantitative estimate of drug-likeness (QED) is 0.554. The number of aromatic nitrogens is 3. The van der Waals surface area contributed by atoms with Crippen molar-refractivity contribution in [3.05, 3.63) is 36.2 Å². The molecular formula is C19H26F3N5. The second-order valence-corrected chi connectivity index (χ2v) is 6.37. The summed E-state index contributed by atoms with van der Waals surface area (Å²) < 4.78 is 39.4. The fourth-order valence-electron chi connectivity index (χ4n) is 2.66. The molecule has 0 amide bonds. The maximum absolute atomic E-state index is 13.1. The fraction of sp³-hybridized carbons (Fsp3) is 0.526.